The lowest BCUT2D eigenvalue weighted by Crippen LogP contribution is -2.40. The van der Waals surface area contributed by atoms with Crippen LogP contribution in [0.25, 0.3) is 0 Å². The Labute approximate surface area is 129 Å². The summed E-state index contributed by atoms with van der Waals surface area (Å²) in [5.74, 6) is -0.438. The van der Waals surface area contributed by atoms with Gasteiger partial charge in [-0.1, -0.05) is 11.6 Å². The van der Waals surface area contributed by atoms with E-state index in [9.17, 15) is 9.59 Å². The highest BCUT2D eigenvalue weighted by Gasteiger charge is 2.29. The molecule has 114 valence electrons. The number of benzene rings is 1. The second-order valence-corrected chi connectivity index (χ2v) is 5.47. The van der Waals surface area contributed by atoms with Gasteiger partial charge >= 0.3 is 5.97 Å². The molecule has 0 aromatic heterocycles. The summed E-state index contributed by atoms with van der Waals surface area (Å²) in [4.78, 5) is 25.8. The number of hydrogen-bond acceptors (Lipinski definition) is 4. The maximum Gasteiger partial charge on any atom is 0.309 e. The Hall–Kier alpha value is -1.75. The molecule has 1 aliphatic rings. The highest BCUT2D eigenvalue weighted by atomic mass is 35.5. The summed E-state index contributed by atoms with van der Waals surface area (Å²) < 4.78 is 5.02. The number of nitrogens with two attached hydrogens (primary N) is 1. The fraction of sp³-hybridized carbons (Fsp3) is 0.467. The quantitative estimate of drug-likeness (QED) is 0.687. The molecule has 0 unspecified atom stereocenters. The average molecular weight is 311 g/mol. The molecule has 0 saturated carbocycles. The summed E-state index contributed by atoms with van der Waals surface area (Å²) in [6.07, 6.45) is 1.23. The number of ether oxygens (including phenoxy) is 1. The van der Waals surface area contributed by atoms with Crippen LogP contribution in [0.5, 0.6) is 0 Å². The molecular formula is C15H19ClN2O3. The Kier molecular flexibility index (Phi) is 5.07. The van der Waals surface area contributed by atoms with Crippen molar-refractivity contribution in [2.45, 2.75) is 19.8 Å². The zero-order valence-electron chi connectivity index (χ0n) is 12.0. The summed E-state index contributed by atoms with van der Waals surface area (Å²) in [5, 5.41) is 0.390. The van der Waals surface area contributed by atoms with Crippen molar-refractivity contribution in [3.8, 4) is 0 Å². The van der Waals surface area contributed by atoms with Crippen LogP contribution in [0.1, 0.15) is 30.1 Å². The second-order valence-electron chi connectivity index (χ2n) is 5.06. The molecule has 6 heteroatoms. The third-order valence-corrected chi connectivity index (χ3v) is 3.95. The van der Waals surface area contributed by atoms with E-state index < -0.39 is 0 Å². The third-order valence-electron chi connectivity index (χ3n) is 3.62. The van der Waals surface area contributed by atoms with Gasteiger partial charge in [0, 0.05) is 18.8 Å². The molecule has 1 heterocycles. The first-order chi connectivity index (χ1) is 10.0. The molecule has 21 heavy (non-hydrogen) atoms. The topological polar surface area (TPSA) is 72.6 Å². The Morgan fingerprint density at radius 3 is 2.67 bits per heavy atom. The number of piperidine rings is 1. The number of nitrogens with zero attached hydrogens (tertiary/aromatic N) is 1. The molecule has 1 saturated heterocycles. The Balaban J connectivity index is 2.00. The minimum atomic E-state index is -0.174. The fourth-order valence-corrected chi connectivity index (χ4v) is 2.65. The van der Waals surface area contributed by atoms with E-state index in [1.54, 1.807) is 30.0 Å². The number of carbonyl (C=O) groups is 2. The number of likely N-dealkylation sites (tertiary alicyclic amines) is 1. The van der Waals surface area contributed by atoms with Crippen molar-refractivity contribution in [2.75, 3.05) is 25.4 Å². The van der Waals surface area contributed by atoms with Crippen LogP contribution in [0.2, 0.25) is 5.02 Å². The highest BCUT2D eigenvalue weighted by molar-refractivity contribution is 6.34. The van der Waals surface area contributed by atoms with Gasteiger partial charge in [0.1, 0.15) is 0 Å². The van der Waals surface area contributed by atoms with Crippen LogP contribution in [0.15, 0.2) is 18.2 Å². The molecule has 1 aromatic rings. The fourth-order valence-electron chi connectivity index (χ4n) is 2.46. The van der Waals surface area contributed by atoms with E-state index >= 15 is 0 Å². The number of rotatable bonds is 3. The molecule has 0 bridgehead atoms. The first-order valence-corrected chi connectivity index (χ1v) is 7.41. The van der Waals surface area contributed by atoms with Gasteiger partial charge in [0.15, 0.2) is 0 Å². The lowest BCUT2D eigenvalue weighted by Gasteiger charge is -2.31. The standard InChI is InChI=1S/C15H19ClN2O3/c1-2-21-15(20)10-5-7-18(8-6-10)14(19)12-9-11(17)3-4-13(12)16/h3-4,9-10H,2,5-8,17H2,1H3. The summed E-state index contributed by atoms with van der Waals surface area (Å²) in [7, 11) is 0. The number of carbonyl (C=O) groups excluding carboxylic acids is 2. The zero-order valence-corrected chi connectivity index (χ0v) is 12.7. The average Bonchev–Trinajstić information content (AvgIpc) is 2.49. The summed E-state index contributed by atoms with van der Waals surface area (Å²) in [5.41, 5.74) is 6.61. The van der Waals surface area contributed by atoms with Crippen molar-refractivity contribution in [3.63, 3.8) is 0 Å². The predicted molar refractivity (Wildman–Crippen MR) is 81.1 cm³/mol. The van der Waals surface area contributed by atoms with Crippen LogP contribution in [-0.4, -0.2) is 36.5 Å². The maximum absolute atomic E-state index is 12.4. The van der Waals surface area contributed by atoms with Gasteiger partial charge in [0.05, 0.1) is 23.1 Å². The summed E-state index contributed by atoms with van der Waals surface area (Å²) >= 11 is 6.05. The lowest BCUT2D eigenvalue weighted by molar-refractivity contribution is -0.149. The van der Waals surface area contributed by atoms with Gasteiger partial charge in [0.2, 0.25) is 0 Å². The van der Waals surface area contributed by atoms with E-state index in [2.05, 4.69) is 0 Å². The van der Waals surface area contributed by atoms with Crippen LogP contribution < -0.4 is 5.73 Å². The van der Waals surface area contributed by atoms with Crippen molar-refractivity contribution >= 4 is 29.2 Å². The van der Waals surface area contributed by atoms with Gasteiger partial charge in [-0.25, -0.2) is 0 Å². The smallest absolute Gasteiger partial charge is 0.309 e. The molecule has 2 N–H and O–H groups in total. The normalized spacial score (nSPS) is 15.8. The molecule has 1 amide bonds. The monoisotopic (exact) mass is 310 g/mol. The van der Waals surface area contributed by atoms with E-state index in [0.717, 1.165) is 0 Å². The van der Waals surface area contributed by atoms with Gasteiger partial charge < -0.3 is 15.4 Å². The van der Waals surface area contributed by atoms with Crippen LogP contribution in [0.4, 0.5) is 5.69 Å². The number of hydrogen-bond donors (Lipinski definition) is 1. The first kappa shape index (κ1) is 15.6. The molecule has 1 fully saturated rings. The van der Waals surface area contributed by atoms with Crippen molar-refractivity contribution in [2.24, 2.45) is 5.92 Å². The van der Waals surface area contributed by atoms with E-state index in [1.165, 1.54) is 0 Å². The molecule has 0 aliphatic carbocycles. The maximum atomic E-state index is 12.4. The van der Waals surface area contributed by atoms with Crippen molar-refractivity contribution in [1.82, 2.24) is 4.90 Å². The SMILES string of the molecule is CCOC(=O)C1CCN(C(=O)c2cc(N)ccc2Cl)CC1. The molecule has 1 aromatic carbocycles. The third kappa shape index (κ3) is 3.67. The molecule has 1 aliphatic heterocycles. The zero-order chi connectivity index (χ0) is 15.4. The molecule has 0 atom stereocenters. The van der Waals surface area contributed by atoms with Crippen LogP contribution in [0, 0.1) is 5.92 Å². The second kappa shape index (κ2) is 6.80. The number of nitrogen functional groups attached to an aromatic ring is 1. The molecule has 2 rings (SSSR count). The van der Waals surface area contributed by atoms with Crippen molar-refractivity contribution in [3.05, 3.63) is 28.8 Å². The summed E-state index contributed by atoms with van der Waals surface area (Å²) in [6.45, 7) is 3.22. The van der Waals surface area contributed by atoms with Crippen molar-refractivity contribution in [1.29, 1.82) is 0 Å². The van der Waals surface area contributed by atoms with E-state index in [-0.39, 0.29) is 17.8 Å². The van der Waals surface area contributed by atoms with Gasteiger partial charge in [-0.05, 0) is 38.0 Å². The van der Waals surface area contributed by atoms with Gasteiger partial charge in [-0.15, -0.1) is 0 Å². The molecule has 0 spiro atoms. The van der Waals surface area contributed by atoms with E-state index in [1.807, 2.05) is 0 Å². The highest BCUT2D eigenvalue weighted by Crippen LogP contribution is 2.24. The minimum absolute atomic E-state index is 0.120. The van der Waals surface area contributed by atoms with E-state index in [0.29, 0.717) is 48.8 Å². The van der Waals surface area contributed by atoms with Crippen LogP contribution in [0.3, 0.4) is 0 Å². The largest absolute Gasteiger partial charge is 0.466 e. The van der Waals surface area contributed by atoms with Gasteiger partial charge in [-0.3, -0.25) is 9.59 Å². The number of esters is 1. The van der Waals surface area contributed by atoms with Crippen molar-refractivity contribution < 1.29 is 14.3 Å². The van der Waals surface area contributed by atoms with Crippen LogP contribution in [-0.2, 0) is 9.53 Å². The van der Waals surface area contributed by atoms with Gasteiger partial charge in [0.25, 0.3) is 5.91 Å². The Morgan fingerprint density at radius 1 is 1.38 bits per heavy atom. The molecule has 0 radical (unpaired) electrons. The molecular weight excluding hydrogens is 292 g/mol. The van der Waals surface area contributed by atoms with Crippen LogP contribution >= 0.6 is 11.6 Å². The minimum Gasteiger partial charge on any atom is -0.466 e. The first-order valence-electron chi connectivity index (χ1n) is 7.04. The number of halogens is 1. The Bertz CT molecular complexity index is 540. The Morgan fingerprint density at radius 2 is 2.05 bits per heavy atom. The number of amides is 1. The molecule has 5 nitrogen and oxygen atoms in total. The lowest BCUT2D eigenvalue weighted by atomic mass is 9.96. The predicted octanol–water partition coefficient (Wildman–Crippen LogP) is 2.34. The summed E-state index contributed by atoms with van der Waals surface area (Å²) in [6, 6.07) is 4.86. The van der Waals surface area contributed by atoms with Gasteiger partial charge in [-0.2, -0.15) is 0 Å². The van der Waals surface area contributed by atoms with E-state index in [4.69, 9.17) is 22.1 Å². The number of anilines is 1.